The van der Waals surface area contributed by atoms with Crippen molar-refractivity contribution in [2.24, 2.45) is 0 Å². The molecule has 0 aliphatic heterocycles. The maximum absolute atomic E-state index is 4.58. The second kappa shape index (κ2) is 11.0. The summed E-state index contributed by atoms with van der Waals surface area (Å²) in [7, 11) is 0. The Kier molecular flexibility index (Phi) is 7.86. The summed E-state index contributed by atoms with van der Waals surface area (Å²) in [5.74, 6) is 6.48. The van der Waals surface area contributed by atoms with Gasteiger partial charge in [0.25, 0.3) is 0 Å². The van der Waals surface area contributed by atoms with Gasteiger partial charge in [0.1, 0.15) is 0 Å². The van der Waals surface area contributed by atoms with Crippen LogP contribution in [0.2, 0.25) is 0 Å². The maximum atomic E-state index is 4.58. The first-order valence-corrected chi connectivity index (χ1v) is 9.51. The Morgan fingerprint density at radius 2 is 1.60 bits per heavy atom. The Morgan fingerprint density at radius 3 is 2.20 bits per heavy atom. The predicted molar refractivity (Wildman–Crippen MR) is 119 cm³/mol. The van der Waals surface area contributed by atoms with Crippen LogP contribution in [0.15, 0.2) is 103 Å². The third kappa shape index (κ3) is 5.39. The van der Waals surface area contributed by atoms with Gasteiger partial charge in [-0.2, -0.15) is 29.2 Å². The molecule has 1 aliphatic carbocycles. The molecular weight excluding hydrogens is 408 g/mol. The van der Waals surface area contributed by atoms with Crippen molar-refractivity contribution >= 4 is 0 Å². The number of hydrogen-bond acceptors (Lipinski definition) is 1. The van der Waals surface area contributed by atoms with E-state index in [4.69, 9.17) is 0 Å². The Hall–Kier alpha value is -3.31. The van der Waals surface area contributed by atoms with E-state index in [1.165, 1.54) is 0 Å². The van der Waals surface area contributed by atoms with Crippen molar-refractivity contribution in [3.63, 3.8) is 0 Å². The maximum Gasteiger partial charge on any atom is 2.00 e. The summed E-state index contributed by atoms with van der Waals surface area (Å²) in [5, 5.41) is 4.58. The van der Waals surface area contributed by atoms with Gasteiger partial charge in [-0.05, 0) is 12.1 Å². The van der Waals surface area contributed by atoms with Gasteiger partial charge < -0.3 is 0 Å². The first-order valence-electron chi connectivity index (χ1n) is 9.51. The topological polar surface area (TPSA) is 17.8 Å². The second-order valence-electron chi connectivity index (χ2n) is 6.41. The number of hydrogen-bond donors (Lipinski definition) is 0. The van der Waals surface area contributed by atoms with Crippen molar-refractivity contribution in [1.82, 2.24) is 9.78 Å². The normalized spacial score (nSPS) is 11.3. The molecule has 1 aliphatic rings. The van der Waals surface area contributed by atoms with Crippen molar-refractivity contribution in [2.75, 3.05) is 0 Å². The monoisotopic (exact) mass is 428 g/mol. The van der Waals surface area contributed by atoms with Crippen LogP contribution in [0.1, 0.15) is 11.1 Å². The fraction of sp³-hybridized carbons (Fsp3) is 0. The predicted octanol–water partition coefficient (Wildman–Crippen LogP) is 5.82. The molecule has 3 heteroatoms. The number of aromatic nitrogens is 2. The zero-order valence-electron chi connectivity index (χ0n) is 16.3. The smallest absolute Gasteiger partial charge is 0.232 e. The van der Waals surface area contributed by atoms with Crippen LogP contribution in [-0.4, -0.2) is 9.78 Å². The molecule has 0 atom stereocenters. The molecule has 1 aromatic heterocycles. The summed E-state index contributed by atoms with van der Waals surface area (Å²) in [6, 6.07) is 28.4. The molecule has 0 saturated heterocycles. The van der Waals surface area contributed by atoms with Gasteiger partial charge in [0.15, 0.2) is 0 Å². The number of benzene rings is 2. The van der Waals surface area contributed by atoms with Crippen LogP contribution in [0, 0.1) is 31.1 Å². The average Bonchev–Trinajstić information content (AvgIpc) is 3.57. The molecule has 3 aromatic carbocycles. The van der Waals surface area contributed by atoms with Crippen molar-refractivity contribution < 1.29 is 17.1 Å². The van der Waals surface area contributed by atoms with E-state index in [1.54, 1.807) is 0 Å². The number of para-hydroxylation sites is 1. The zero-order chi connectivity index (χ0) is 19.7. The van der Waals surface area contributed by atoms with Crippen LogP contribution < -0.4 is 0 Å². The van der Waals surface area contributed by atoms with Crippen molar-refractivity contribution in [2.45, 2.75) is 0 Å². The summed E-state index contributed by atoms with van der Waals surface area (Å²) < 4.78 is 1.95. The summed E-state index contributed by atoms with van der Waals surface area (Å²) >= 11 is 0. The van der Waals surface area contributed by atoms with Crippen LogP contribution in [0.5, 0.6) is 0 Å². The summed E-state index contributed by atoms with van der Waals surface area (Å²) in [4.78, 5) is 0. The SMILES string of the molecule is C(#Cc1cnn(-c2ccccc2)c1-c1ccccc1)c1ccc[cH-]1.[CH]1[CH][CH-]C=C1.[Fe+2]. The fourth-order valence-corrected chi connectivity index (χ4v) is 3.00. The molecule has 0 saturated carbocycles. The Labute approximate surface area is 189 Å². The molecule has 2 nitrogen and oxygen atoms in total. The molecule has 30 heavy (non-hydrogen) atoms. The second-order valence-corrected chi connectivity index (χ2v) is 6.41. The van der Waals surface area contributed by atoms with Crippen molar-refractivity contribution in [1.29, 1.82) is 0 Å². The van der Waals surface area contributed by atoms with E-state index in [0.29, 0.717) is 0 Å². The summed E-state index contributed by atoms with van der Waals surface area (Å²) in [5.41, 5.74) is 5.08. The minimum absolute atomic E-state index is 0. The van der Waals surface area contributed by atoms with Gasteiger partial charge in [0.05, 0.1) is 23.1 Å². The van der Waals surface area contributed by atoms with Gasteiger partial charge >= 0.3 is 17.1 Å². The zero-order valence-corrected chi connectivity index (χ0v) is 17.4. The van der Waals surface area contributed by atoms with Gasteiger partial charge in [-0.3, -0.25) is 0 Å². The van der Waals surface area contributed by atoms with E-state index in [9.17, 15) is 0 Å². The fourth-order valence-electron chi connectivity index (χ4n) is 3.00. The molecule has 0 fully saturated rings. The largest absolute Gasteiger partial charge is 2.00 e. The molecule has 0 unspecified atom stereocenters. The Bertz CT molecular complexity index is 1110. The minimum Gasteiger partial charge on any atom is -0.232 e. The van der Waals surface area contributed by atoms with Crippen LogP contribution in [-0.2, 0) is 17.1 Å². The van der Waals surface area contributed by atoms with E-state index in [0.717, 1.165) is 28.1 Å². The van der Waals surface area contributed by atoms with Crippen LogP contribution in [0.4, 0.5) is 0 Å². The molecule has 1 heterocycles. The van der Waals surface area contributed by atoms with Gasteiger partial charge in [-0.25, -0.2) is 23.3 Å². The molecule has 0 bridgehead atoms. The summed E-state index contributed by atoms with van der Waals surface area (Å²) in [6.45, 7) is 0. The molecule has 146 valence electrons. The average molecular weight is 428 g/mol. The summed E-state index contributed by atoms with van der Waals surface area (Å²) in [6.07, 6.45) is 11.8. The Balaban J connectivity index is 0.000000376. The van der Waals surface area contributed by atoms with E-state index >= 15 is 0 Å². The quantitative estimate of drug-likeness (QED) is 0.223. The number of nitrogens with zero attached hydrogens (tertiary/aromatic N) is 2. The third-order valence-corrected chi connectivity index (χ3v) is 4.38. The van der Waals surface area contributed by atoms with Crippen molar-refractivity contribution in [3.05, 3.63) is 134 Å². The third-order valence-electron chi connectivity index (χ3n) is 4.38. The van der Waals surface area contributed by atoms with Crippen molar-refractivity contribution in [3.8, 4) is 28.8 Å². The van der Waals surface area contributed by atoms with Gasteiger partial charge in [-0.15, -0.1) is 30.4 Å². The molecule has 0 amide bonds. The van der Waals surface area contributed by atoms with E-state index < -0.39 is 0 Å². The first-order chi connectivity index (χ1) is 14.4. The number of rotatable bonds is 2. The van der Waals surface area contributed by atoms with Crippen LogP contribution in [0.25, 0.3) is 16.9 Å². The van der Waals surface area contributed by atoms with Crippen LogP contribution >= 0.6 is 0 Å². The van der Waals surface area contributed by atoms with Gasteiger partial charge in [0, 0.05) is 5.56 Å². The molecule has 5 rings (SSSR count). The molecule has 0 spiro atoms. The van der Waals surface area contributed by atoms with Gasteiger partial charge in [-0.1, -0.05) is 48.5 Å². The molecule has 0 N–H and O–H groups in total. The van der Waals surface area contributed by atoms with E-state index in [2.05, 4.69) is 29.1 Å². The minimum atomic E-state index is 0. The molecule has 2 radical (unpaired) electrons. The van der Waals surface area contributed by atoms with Crippen LogP contribution in [0.3, 0.4) is 0 Å². The molecular formula is C27H20FeN2. The first kappa shape index (κ1) is 21.4. The number of allylic oxidation sites excluding steroid dienone is 2. The standard InChI is InChI=1S/C22H15N2.C5H5.Fe/c1-3-11-19(12-4-1)22-20(16-15-18-9-7-8-10-18)17-23-24(22)21-13-5-2-6-14-21;1-2-4-5-3-1;/h1-14,17H;1-5H;/q2*-1;+2. The van der Waals surface area contributed by atoms with E-state index in [1.807, 2.05) is 115 Å². The van der Waals surface area contributed by atoms with Gasteiger partial charge in [0.2, 0.25) is 0 Å². The molecule has 4 aromatic rings. The van der Waals surface area contributed by atoms with E-state index in [-0.39, 0.29) is 17.1 Å². The Morgan fingerprint density at radius 1 is 0.833 bits per heavy atom.